The van der Waals surface area contributed by atoms with Gasteiger partial charge in [0.05, 0.1) is 0 Å². The summed E-state index contributed by atoms with van der Waals surface area (Å²) in [7, 11) is 0. The van der Waals surface area contributed by atoms with Crippen molar-refractivity contribution < 1.29 is 14.3 Å². The molecule has 1 aromatic heterocycles. The number of fused-ring (bicyclic) bond motifs is 2. The Morgan fingerprint density at radius 1 is 1.41 bits per heavy atom. The maximum absolute atomic E-state index is 10.7. The highest BCUT2D eigenvalue weighted by Crippen LogP contribution is 2.49. The van der Waals surface area contributed by atoms with Gasteiger partial charge in [0.2, 0.25) is 5.76 Å². The van der Waals surface area contributed by atoms with Crippen molar-refractivity contribution in [2.75, 3.05) is 5.75 Å². The minimum absolute atomic E-state index is 0.0421. The number of rotatable bonds is 4. The first-order chi connectivity index (χ1) is 8.22. The fourth-order valence-electron chi connectivity index (χ4n) is 3.28. The fourth-order valence-corrected chi connectivity index (χ4v) is 4.38. The van der Waals surface area contributed by atoms with E-state index in [-0.39, 0.29) is 5.76 Å². The van der Waals surface area contributed by atoms with E-state index in [4.69, 9.17) is 9.52 Å². The first-order valence-corrected chi connectivity index (χ1v) is 7.17. The Morgan fingerprint density at radius 2 is 2.29 bits per heavy atom. The molecule has 2 bridgehead atoms. The summed E-state index contributed by atoms with van der Waals surface area (Å²) < 4.78 is 5.25. The Bertz CT molecular complexity index is 426. The molecule has 2 aliphatic carbocycles. The van der Waals surface area contributed by atoms with Crippen LogP contribution in [0.1, 0.15) is 36.2 Å². The molecule has 1 heterocycles. The van der Waals surface area contributed by atoms with Crippen LogP contribution in [-0.4, -0.2) is 16.8 Å². The van der Waals surface area contributed by atoms with Crippen LogP contribution in [0, 0.1) is 17.8 Å². The van der Waals surface area contributed by atoms with E-state index >= 15 is 0 Å². The first kappa shape index (κ1) is 11.2. The quantitative estimate of drug-likeness (QED) is 0.833. The number of carboxylic acid groups (broad SMARTS) is 1. The highest BCUT2D eigenvalue weighted by Gasteiger charge is 2.39. The zero-order chi connectivity index (χ0) is 11.8. The van der Waals surface area contributed by atoms with Gasteiger partial charge in [-0.05, 0) is 49.1 Å². The molecule has 1 aromatic rings. The van der Waals surface area contributed by atoms with Gasteiger partial charge in [-0.15, -0.1) is 0 Å². The zero-order valence-electron chi connectivity index (χ0n) is 9.59. The van der Waals surface area contributed by atoms with E-state index in [1.807, 2.05) is 0 Å². The van der Waals surface area contributed by atoms with Crippen LogP contribution < -0.4 is 0 Å². The summed E-state index contributed by atoms with van der Waals surface area (Å²) in [4.78, 5) is 10.7. The van der Waals surface area contributed by atoms with Gasteiger partial charge < -0.3 is 9.52 Å². The van der Waals surface area contributed by atoms with Crippen molar-refractivity contribution in [1.29, 1.82) is 0 Å². The van der Waals surface area contributed by atoms with Gasteiger partial charge >= 0.3 is 5.97 Å². The SMILES string of the molecule is O=C(O)c1ccc(SCC2CC3CCC2C3)o1. The van der Waals surface area contributed by atoms with E-state index < -0.39 is 5.97 Å². The predicted molar refractivity (Wildman–Crippen MR) is 65.3 cm³/mol. The number of carboxylic acids is 1. The molecule has 2 fully saturated rings. The van der Waals surface area contributed by atoms with Crippen molar-refractivity contribution in [2.45, 2.75) is 30.8 Å². The van der Waals surface area contributed by atoms with Gasteiger partial charge in [-0.1, -0.05) is 18.2 Å². The van der Waals surface area contributed by atoms with E-state index in [2.05, 4.69) is 0 Å². The molecular formula is C13H16O3S. The number of carbonyl (C=O) groups is 1. The van der Waals surface area contributed by atoms with E-state index in [0.717, 1.165) is 28.6 Å². The molecule has 3 unspecified atom stereocenters. The number of hydrogen-bond acceptors (Lipinski definition) is 3. The van der Waals surface area contributed by atoms with Crippen molar-refractivity contribution in [2.24, 2.45) is 17.8 Å². The van der Waals surface area contributed by atoms with Crippen LogP contribution in [0.25, 0.3) is 0 Å². The summed E-state index contributed by atoms with van der Waals surface area (Å²) in [6, 6.07) is 3.30. The maximum Gasteiger partial charge on any atom is 0.371 e. The minimum Gasteiger partial charge on any atom is -0.475 e. The molecule has 3 atom stereocenters. The van der Waals surface area contributed by atoms with E-state index in [1.165, 1.54) is 31.7 Å². The minimum atomic E-state index is -0.989. The lowest BCUT2D eigenvalue weighted by atomic mass is 9.90. The summed E-state index contributed by atoms with van der Waals surface area (Å²) in [6.07, 6.45) is 5.61. The molecule has 0 aromatic carbocycles. The van der Waals surface area contributed by atoms with Gasteiger partial charge in [0, 0.05) is 5.75 Å². The maximum atomic E-state index is 10.7. The molecule has 3 rings (SSSR count). The van der Waals surface area contributed by atoms with E-state index in [9.17, 15) is 4.79 Å². The van der Waals surface area contributed by atoms with Crippen molar-refractivity contribution in [3.05, 3.63) is 17.9 Å². The Balaban J connectivity index is 1.55. The molecule has 0 amide bonds. The summed E-state index contributed by atoms with van der Waals surface area (Å²) in [5.74, 6) is 2.83. The number of hydrogen-bond donors (Lipinski definition) is 1. The second kappa shape index (κ2) is 4.41. The predicted octanol–water partition coefficient (Wildman–Crippen LogP) is 3.51. The van der Waals surface area contributed by atoms with Gasteiger partial charge in [0.15, 0.2) is 5.09 Å². The highest BCUT2D eigenvalue weighted by molar-refractivity contribution is 7.99. The average Bonchev–Trinajstić information content (AvgIpc) is 3.02. The lowest BCUT2D eigenvalue weighted by molar-refractivity contribution is 0.0656. The fraction of sp³-hybridized carbons (Fsp3) is 0.615. The second-order valence-corrected chi connectivity index (χ2v) is 6.19. The summed E-state index contributed by atoms with van der Waals surface area (Å²) in [5.41, 5.74) is 0. The van der Waals surface area contributed by atoms with Gasteiger partial charge in [0.25, 0.3) is 0 Å². The molecular weight excluding hydrogens is 236 g/mol. The molecule has 0 aliphatic heterocycles. The van der Waals surface area contributed by atoms with Crippen LogP contribution >= 0.6 is 11.8 Å². The third-order valence-electron chi connectivity index (χ3n) is 4.12. The molecule has 0 spiro atoms. The van der Waals surface area contributed by atoms with Gasteiger partial charge in [-0.25, -0.2) is 4.79 Å². The third kappa shape index (κ3) is 2.23. The molecule has 1 N–H and O–H groups in total. The largest absolute Gasteiger partial charge is 0.475 e. The van der Waals surface area contributed by atoms with Crippen LogP contribution in [0.2, 0.25) is 0 Å². The molecule has 0 saturated heterocycles. The molecule has 92 valence electrons. The van der Waals surface area contributed by atoms with Crippen molar-refractivity contribution in [3.63, 3.8) is 0 Å². The van der Waals surface area contributed by atoms with Crippen LogP contribution in [0.4, 0.5) is 0 Å². The molecule has 4 heteroatoms. The van der Waals surface area contributed by atoms with E-state index in [1.54, 1.807) is 17.8 Å². The molecule has 2 saturated carbocycles. The van der Waals surface area contributed by atoms with Crippen LogP contribution in [0.5, 0.6) is 0 Å². The third-order valence-corrected chi connectivity index (χ3v) is 5.22. The van der Waals surface area contributed by atoms with Crippen molar-refractivity contribution in [1.82, 2.24) is 0 Å². The Morgan fingerprint density at radius 3 is 2.88 bits per heavy atom. The summed E-state index contributed by atoms with van der Waals surface area (Å²) >= 11 is 1.67. The number of thioether (sulfide) groups is 1. The van der Waals surface area contributed by atoms with Crippen molar-refractivity contribution in [3.8, 4) is 0 Å². The van der Waals surface area contributed by atoms with Crippen LogP contribution in [0.15, 0.2) is 21.6 Å². The Hall–Kier alpha value is -0.900. The molecule has 17 heavy (non-hydrogen) atoms. The average molecular weight is 252 g/mol. The first-order valence-electron chi connectivity index (χ1n) is 6.18. The molecule has 2 aliphatic rings. The summed E-state index contributed by atoms with van der Waals surface area (Å²) in [6.45, 7) is 0. The monoisotopic (exact) mass is 252 g/mol. The normalized spacial score (nSPS) is 30.9. The van der Waals surface area contributed by atoms with Gasteiger partial charge in [0.1, 0.15) is 0 Å². The smallest absolute Gasteiger partial charge is 0.371 e. The highest BCUT2D eigenvalue weighted by atomic mass is 32.2. The zero-order valence-corrected chi connectivity index (χ0v) is 10.4. The van der Waals surface area contributed by atoms with Crippen LogP contribution in [0.3, 0.4) is 0 Å². The number of aromatic carboxylic acids is 1. The molecule has 0 radical (unpaired) electrons. The molecule has 3 nitrogen and oxygen atoms in total. The van der Waals surface area contributed by atoms with Crippen molar-refractivity contribution >= 4 is 17.7 Å². The lowest BCUT2D eigenvalue weighted by Gasteiger charge is -2.20. The van der Waals surface area contributed by atoms with Gasteiger partial charge in [-0.3, -0.25) is 0 Å². The standard InChI is InChI=1S/C13H16O3S/c14-13(15)11-3-4-12(16-11)17-7-10-6-8-1-2-9(10)5-8/h3-4,8-10H,1-2,5-7H2,(H,14,15). The Kier molecular flexibility index (Phi) is 2.90. The number of furan rings is 1. The van der Waals surface area contributed by atoms with Crippen LogP contribution in [-0.2, 0) is 0 Å². The topological polar surface area (TPSA) is 50.4 Å². The van der Waals surface area contributed by atoms with E-state index in [0.29, 0.717) is 0 Å². The second-order valence-electron chi connectivity index (χ2n) is 5.17. The lowest BCUT2D eigenvalue weighted by Crippen LogP contribution is -2.12. The van der Waals surface area contributed by atoms with Gasteiger partial charge in [-0.2, -0.15) is 0 Å². The Labute approximate surface area is 105 Å². The summed E-state index contributed by atoms with van der Waals surface area (Å²) in [5, 5.41) is 9.50.